The number of hydrogen-bond acceptors (Lipinski definition) is 5. The second-order valence-corrected chi connectivity index (χ2v) is 6.33. The van der Waals surface area contributed by atoms with Crippen molar-refractivity contribution in [2.75, 3.05) is 19.6 Å². The van der Waals surface area contributed by atoms with Gasteiger partial charge < -0.3 is 10.1 Å². The molecule has 120 valence electrons. The minimum atomic E-state index is -0.457. The van der Waals surface area contributed by atoms with E-state index in [1.807, 2.05) is 0 Å². The molecule has 0 radical (unpaired) electrons. The Balaban J connectivity index is 1.68. The lowest BCUT2D eigenvalue weighted by Gasteiger charge is -2.28. The van der Waals surface area contributed by atoms with Gasteiger partial charge in [-0.1, -0.05) is 5.16 Å². The number of carbonyl (C=O) groups is 3. The van der Waals surface area contributed by atoms with Crippen molar-refractivity contribution < 1.29 is 19.6 Å². The van der Waals surface area contributed by atoms with Gasteiger partial charge in [0.05, 0.1) is 17.5 Å². The molecule has 3 aliphatic rings. The first-order valence-electron chi connectivity index (χ1n) is 7.94. The number of likely N-dealkylation sites (tertiary alicyclic amines) is 2. The molecule has 2 heterocycles. The Hall–Kier alpha value is -1.92. The van der Waals surface area contributed by atoms with Crippen LogP contribution in [0.1, 0.15) is 38.5 Å². The molecule has 0 aromatic carbocycles. The van der Waals surface area contributed by atoms with E-state index in [0.29, 0.717) is 38.1 Å². The first-order chi connectivity index (χ1) is 10.6. The van der Waals surface area contributed by atoms with Gasteiger partial charge in [0.2, 0.25) is 17.7 Å². The Bertz CT molecular complexity index is 525. The Kier molecular flexibility index (Phi) is 4.13. The Morgan fingerprint density at radius 3 is 2.50 bits per heavy atom. The maximum atomic E-state index is 12.4. The second-order valence-electron chi connectivity index (χ2n) is 6.33. The van der Waals surface area contributed by atoms with Crippen molar-refractivity contribution in [2.24, 2.45) is 17.0 Å². The van der Waals surface area contributed by atoms with Crippen LogP contribution in [0, 0.1) is 11.8 Å². The van der Waals surface area contributed by atoms with E-state index >= 15 is 0 Å². The van der Waals surface area contributed by atoms with E-state index in [1.165, 1.54) is 0 Å². The average Bonchev–Trinajstić information content (AvgIpc) is 2.80. The van der Waals surface area contributed by atoms with Crippen LogP contribution in [0.15, 0.2) is 5.16 Å². The van der Waals surface area contributed by atoms with E-state index in [-0.39, 0.29) is 30.2 Å². The van der Waals surface area contributed by atoms with Gasteiger partial charge in [-0.25, -0.2) is 0 Å². The number of carbonyl (C=O) groups excluding carboxylic acids is 3. The fraction of sp³-hybridized carbons (Fsp3) is 0.733. The summed E-state index contributed by atoms with van der Waals surface area (Å²) in [6, 6.07) is 0. The number of piperidine rings is 1. The molecule has 7 nitrogen and oxygen atoms in total. The zero-order chi connectivity index (χ0) is 15.7. The van der Waals surface area contributed by atoms with E-state index in [9.17, 15) is 14.4 Å². The maximum absolute atomic E-state index is 12.4. The van der Waals surface area contributed by atoms with Crippen molar-refractivity contribution in [1.82, 2.24) is 9.80 Å². The first-order valence-corrected chi connectivity index (χ1v) is 7.94. The molecule has 2 saturated heterocycles. The summed E-state index contributed by atoms with van der Waals surface area (Å²) in [4.78, 5) is 40.0. The SMILES string of the molecule is O=C(CN1C(=O)[C@H]2CC/C(=N\O)C[C@H]2C1=O)N1CCCCC1. The summed E-state index contributed by atoms with van der Waals surface area (Å²) < 4.78 is 0. The number of nitrogens with zero attached hydrogens (tertiary/aromatic N) is 3. The lowest BCUT2D eigenvalue weighted by molar-refractivity contribution is -0.146. The van der Waals surface area contributed by atoms with Crippen LogP contribution in [0.5, 0.6) is 0 Å². The highest BCUT2D eigenvalue weighted by Crippen LogP contribution is 2.37. The molecule has 7 heteroatoms. The Morgan fingerprint density at radius 2 is 1.82 bits per heavy atom. The molecule has 1 aliphatic carbocycles. The van der Waals surface area contributed by atoms with Gasteiger partial charge in [0, 0.05) is 19.5 Å². The summed E-state index contributed by atoms with van der Waals surface area (Å²) >= 11 is 0. The average molecular weight is 307 g/mol. The van der Waals surface area contributed by atoms with Gasteiger partial charge in [-0.2, -0.15) is 0 Å². The molecule has 0 unspecified atom stereocenters. The Morgan fingerprint density at radius 1 is 1.14 bits per heavy atom. The first kappa shape index (κ1) is 15.0. The highest BCUT2D eigenvalue weighted by molar-refractivity contribution is 6.09. The molecule has 2 atom stereocenters. The van der Waals surface area contributed by atoms with Crippen LogP contribution < -0.4 is 0 Å². The van der Waals surface area contributed by atoms with Gasteiger partial charge in [0.1, 0.15) is 6.54 Å². The summed E-state index contributed by atoms with van der Waals surface area (Å²) in [5.41, 5.74) is 0.562. The van der Waals surface area contributed by atoms with E-state index in [1.54, 1.807) is 4.90 Å². The summed E-state index contributed by atoms with van der Waals surface area (Å²) in [5.74, 6) is -1.48. The molecular formula is C15H21N3O4. The number of fused-ring (bicyclic) bond motifs is 1. The lowest BCUT2D eigenvalue weighted by Crippen LogP contribution is -2.44. The molecule has 0 aromatic rings. The van der Waals surface area contributed by atoms with Crippen molar-refractivity contribution >= 4 is 23.4 Å². The fourth-order valence-corrected chi connectivity index (χ4v) is 3.71. The van der Waals surface area contributed by atoms with Crippen LogP contribution in [-0.2, 0) is 14.4 Å². The molecule has 22 heavy (non-hydrogen) atoms. The molecule has 0 bridgehead atoms. The summed E-state index contributed by atoms with van der Waals surface area (Å²) in [6.45, 7) is 1.28. The summed E-state index contributed by atoms with van der Waals surface area (Å²) in [5, 5.41) is 12.0. The van der Waals surface area contributed by atoms with Crippen LogP contribution >= 0.6 is 0 Å². The van der Waals surface area contributed by atoms with Gasteiger partial charge in [-0.3, -0.25) is 19.3 Å². The van der Waals surface area contributed by atoms with Crippen LogP contribution in [0.2, 0.25) is 0 Å². The molecular weight excluding hydrogens is 286 g/mol. The number of hydrogen-bond donors (Lipinski definition) is 1. The minimum absolute atomic E-state index is 0.143. The molecule has 0 spiro atoms. The molecule has 3 amide bonds. The van der Waals surface area contributed by atoms with Crippen molar-refractivity contribution in [2.45, 2.75) is 38.5 Å². The number of rotatable bonds is 2. The monoisotopic (exact) mass is 307 g/mol. The van der Waals surface area contributed by atoms with Crippen LogP contribution in [-0.4, -0.2) is 58.1 Å². The van der Waals surface area contributed by atoms with E-state index < -0.39 is 5.92 Å². The normalized spacial score (nSPS) is 30.8. The van der Waals surface area contributed by atoms with Crippen molar-refractivity contribution in [3.8, 4) is 0 Å². The minimum Gasteiger partial charge on any atom is -0.411 e. The van der Waals surface area contributed by atoms with Crippen molar-refractivity contribution in [3.05, 3.63) is 0 Å². The highest BCUT2D eigenvalue weighted by Gasteiger charge is 2.50. The quantitative estimate of drug-likeness (QED) is 0.460. The van der Waals surface area contributed by atoms with Gasteiger partial charge in [-0.15, -0.1) is 0 Å². The smallest absolute Gasteiger partial charge is 0.242 e. The highest BCUT2D eigenvalue weighted by atomic mass is 16.4. The molecule has 0 aromatic heterocycles. The van der Waals surface area contributed by atoms with Gasteiger partial charge in [-0.05, 0) is 32.1 Å². The maximum Gasteiger partial charge on any atom is 0.242 e. The van der Waals surface area contributed by atoms with E-state index in [2.05, 4.69) is 5.16 Å². The van der Waals surface area contributed by atoms with E-state index in [0.717, 1.165) is 24.2 Å². The van der Waals surface area contributed by atoms with Crippen molar-refractivity contribution in [3.63, 3.8) is 0 Å². The predicted octanol–water partition coefficient (Wildman–Crippen LogP) is 0.614. The number of imide groups is 1. The molecule has 2 aliphatic heterocycles. The largest absolute Gasteiger partial charge is 0.411 e. The standard InChI is InChI=1S/C15H21N3O4/c19-13(17-6-2-1-3-7-17)9-18-14(20)11-5-4-10(16-22)8-12(11)15(18)21/h11-12,22H,1-9H2/b16-10+/t11-,12+/m0/s1. The zero-order valence-electron chi connectivity index (χ0n) is 12.5. The molecule has 3 fully saturated rings. The predicted molar refractivity (Wildman–Crippen MR) is 77.2 cm³/mol. The van der Waals surface area contributed by atoms with E-state index in [4.69, 9.17) is 5.21 Å². The third-order valence-electron chi connectivity index (χ3n) is 5.00. The van der Waals surface area contributed by atoms with Gasteiger partial charge >= 0.3 is 0 Å². The van der Waals surface area contributed by atoms with Crippen molar-refractivity contribution in [1.29, 1.82) is 0 Å². The molecule has 1 saturated carbocycles. The van der Waals surface area contributed by atoms with Crippen LogP contribution in [0.25, 0.3) is 0 Å². The number of oxime groups is 1. The zero-order valence-corrected chi connectivity index (χ0v) is 12.5. The third kappa shape index (κ3) is 2.60. The van der Waals surface area contributed by atoms with Gasteiger partial charge in [0.25, 0.3) is 0 Å². The second kappa shape index (κ2) is 6.06. The molecule has 1 N–H and O–H groups in total. The van der Waals surface area contributed by atoms with Crippen LogP contribution in [0.3, 0.4) is 0 Å². The molecule has 3 rings (SSSR count). The number of amides is 3. The lowest BCUT2D eigenvalue weighted by atomic mass is 9.80. The topological polar surface area (TPSA) is 90.3 Å². The van der Waals surface area contributed by atoms with Crippen LogP contribution in [0.4, 0.5) is 0 Å². The van der Waals surface area contributed by atoms with Gasteiger partial charge in [0.15, 0.2) is 0 Å². The fourth-order valence-electron chi connectivity index (χ4n) is 3.71. The third-order valence-corrected chi connectivity index (χ3v) is 5.00. The Labute approximate surface area is 128 Å². The summed E-state index contributed by atoms with van der Waals surface area (Å²) in [6.07, 6.45) is 4.46. The summed E-state index contributed by atoms with van der Waals surface area (Å²) in [7, 11) is 0.